The molecule has 1 amide bonds. The molecule has 1 atom stereocenters. The lowest BCUT2D eigenvalue weighted by atomic mass is 9.95. The number of amides is 1. The minimum Gasteiger partial charge on any atom is -0.352 e. The van der Waals surface area contributed by atoms with Gasteiger partial charge >= 0.3 is 0 Å². The van der Waals surface area contributed by atoms with E-state index in [4.69, 9.17) is 5.10 Å². The van der Waals surface area contributed by atoms with Gasteiger partial charge < -0.3 is 9.80 Å². The molecule has 166 valence electrons. The Hall–Kier alpha value is -3.56. The van der Waals surface area contributed by atoms with Crippen molar-refractivity contribution in [2.75, 3.05) is 31.1 Å². The number of hydrogen-bond acceptors (Lipinski definition) is 5. The largest absolute Gasteiger partial charge is 0.352 e. The molecule has 1 aliphatic rings. The number of aryl methyl sites for hydroxylation is 1. The molecule has 5 rings (SSSR count). The monoisotopic (exact) mass is 439 g/mol. The van der Waals surface area contributed by atoms with Gasteiger partial charge in [-0.15, -0.1) is 5.10 Å². The number of nitrogens with zero attached hydrogens (tertiary/aromatic N) is 7. The SMILES string of the molecule is CC(=O)N1CCN(c2ccc3ncc(C(C)c4c(F)cc5c(cnn5C)c4F)n3n2)CC1. The van der Waals surface area contributed by atoms with Gasteiger partial charge in [0.1, 0.15) is 17.5 Å². The number of fused-ring (bicyclic) bond motifs is 2. The first kappa shape index (κ1) is 20.3. The van der Waals surface area contributed by atoms with Crippen molar-refractivity contribution in [1.29, 1.82) is 0 Å². The molecule has 1 fully saturated rings. The topological polar surface area (TPSA) is 71.6 Å². The highest BCUT2D eigenvalue weighted by Gasteiger charge is 2.26. The van der Waals surface area contributed by atoms with Gasteiger partial charge in [-0.3, -0.25) is 9.48 Å². The van der Waals surface area contributed by atoms with Crippen LogP contribution in [-0.2, 0) is 11.8 Å². The van der Waals surface area contributed by atoms with Gasteiger partial charge in [0.25, 0.3) is 0 Å². The van der Waals surface area contributed by atoms with Crippen molar-refractivity contribution in [2.45, 2.75) is 19.8 Å². The summed E-state index contributed by atoms with van der Waals surface area (Å²) < 4.78 is 33.3. The fourth-order valence-electron chi connectivity index (χ4n) is 4.38. The van der Waals surface area contributed by atoms with Gasteiger partial charge in [0.15, 0.2) is 5.65 Å². The van der Waals surface area contributed by atoms with Crippen molar-refractivity contribution in [1.82, 2.24) is 29.3 Å². The summed E-state index contributed by atoms with van der Waals surface area (Å²) in [6.45, 7) is 5.90. The molecular formula is C22H23F2N7O. The van der Waals surface area contributed by atoms with E-state index in [1.807, 2.05) is 12.1 Å². The molecule has 1 unspecified atom stereocenters. The van der Waals surface area contributed by atoms with Gasteiger partial charge in [-0.25, -0.2) is 18.3 Å². The van der Waals surface area contributed by atoms with Gasteiger partial charge in [-0.2, -0.15) is 5.10 Å². The summed E-state index contributed by atoms with van der Waals surface area (Å²) in [5, 5.41) is 9.04. The van der Waals surface area contributed by atoms with Crippen LogP contribution in [0, 0.1) is 11.6 Å². The zero-order chi connectivity index (χ0) is 22.6. The Kier molecular flexibility index (Phi) is 4.79. The molecule has 0 aliphatic carbocycles. The Bertz CT molecular complexity index is 1340. The Morgan fingerprint density at radius 3 is 2.59 bits per heavy atom. The van der Waals surface area contributed by atoms with Crippen molar-refractivity contribution in [3.8, 4) is 0 Å². The van der Waals surface area contributed by atoms with Crippen LogP contribution < -0.4 is 4.90 Å². The molecule has 8 nitrogen and oxygen atoms in total. The first-order valence-electron chi connectivity index (χ1n) is 10.5. The van der Waals surface area contributed by atoms with E-state index in [-0.39, 0.29) is 16.9 Å². The Labute approximate surface area is 183 Å². The van der Waals surface area contributed by atoms with Crippen LogP contribution in [0.2, 0.25) is 0 Å². The number of halogens is 2. The van der Waals surface area contributed by atoms with E-state index in [2.05, 4.69) is 15.0 Å². The maximum Gasteiger partial charge on any atom is 0.219 e. The number of hydrogen-bond donors (Lipinski definition) is 0. The van der Waals surface area contributed by atoms with E-state index in [0.717, 1.165) is 5.82 Å². The molecule has 0 radical (unpaired) electrons. The number of rotatable bonds is 3. The molecule has 0 N–H and O–H groups in total. The van der Waals surface area contributed by atoms with Crippen LogP contribution in [0.25, 0.3) is 16.6 Å². The van der Waals surface area contributed by atoms with Crippen LogP contribution in [-0.4, -0.2) is 61.4 Å². The van der Waals surface area contributed by atoms with Crippen molar-refractivity contribution >= 4 is 28.3 Å². The number of carbonyl (C=O) groups is 1. The Balaban J connectivity index is 1.52. The molecule has 10 heteroatoms. The molecule has 4 aromatic rings. The second-order valence-corrected chi connectivity index (χ2v) is 8.15. The predicted octanol–water partition coefficient (Wildman–Crippen LogP) is 2.71. The van der Waals surface area contributed by atoms with Crippen LogP contribution in [0.15, 0.2) is 30.6 Å². The van der Waals surface area contributed by atoms with Gasteiger partial charge in [0.2, 0.25) is 5.91 Å². The maximum absolute atomic E-state index is 15.3. The summed E-state index contributed by atoms with van der Waals surface area (Å²) in [6, 6.07) is 5.03. The summed E-state index contributed by atoms with van der Waals surface area (Å²) in [5.41, 5.74) is 1.56. The average molecular weight is 439 g/mol. The van der Waals surface area contributed by atoms with Gasteiger partial charge in [-0.05, 0) is 12.1 Å². The molecule has 1 saturated heterocycles. The van der Waals surface area contributed by atoms with E-state index in [9.17, 15) is 9.18 Å². The second-order valence-electron chi connectivity index (χ2n) is 8.15. The third-order valence-electron chi connectivity index (χ3n) is 6.28. The molecule has 0 saturated carbocycles. The third-order valence-corrected chi connectivity index (χ3v) is 6.28. The van der Waals surface area contributed by atoms with Gasteiger partial charge in [-0.1, -0.05) is 6.92 Å². The lowest BCUT2D eigenvalue weighted by molar-refractivity contribution is -0.129. The van der Waals surface area contributed by atoms with Crippen molar-refractivity contribution in [2.24, 2.45) is 7.05 Å². The summed E-state index contributed by atoms with van der Waals surface area (Å²) in [4.78, 5) is 19.9. The molecular weight excluding hydrogens is 416 g/mol. The second kappa shape index (κ2) is 7.54. The summed E-state index contributed by atoms with van der Waals surface area (Å²) in [7, 11) is 1.65. The zero-order valence-corrected chi connectivity index (χ0v) is 18.1. The maximum atomic E-state index is 15.3. The quantitative estimate of drug-likeness (QED) is 0.491. The summed E-state index contributed by atoms with van der Waals surface area (Å²) in [5.74, 6) is -1.07. The highest BCUT2D eigenvalue weighted by molar-refractivity contribution is 5.80. The predicted molar refractivity (Wildman–Crippen MR) is 116 cm³/mol. The summed E-state index contributed by atoms with van der Waals surface area (Å²) >= 11 is 0. The minimum atomic E-state index is -0.627. The molecule has 0 bridgehead atoms. The first-order chi connectivity index (χ1) is 15.3. The number of carbonyl (C=O) groups excluding carboxylic acids is 1. The highest BCUT2D eigenvalue weighted by Crippen LogP contribution is 2.33. The Morgan fingerprint density at radius 2 is 1.88 bits per heavy atom. The number of benzene rings is 1. The normalized spacial score (nSPS) is 15.7. The number of aromatic nitrogens is 5. The van der Waals surface area contributed by atoms with E-state index >= 15 is 4.39 Å². The minimum absolute atomic E-state index is 0.0328. The lowest BCUT2D eigenvalue weighted by Crippen LogP contribution is -2.48. The van der Waals surface area contributed by atoms with Crippen LogP contribution in [0.4, 0.5) is 14.6 Å². The van der Waals surface area contributed by atoms with E-state index in [0.29, 0.717) is 43.0 Å². The first-order valence-corrected chi connectivity index (χ1v) is 10.5. The smallest absolute Gasteiger partial charge is 0.219 e. The van der Waals surface area contributed by atoms with Crippen LogP contribution in [0.3, 0.4) is 0 Å². The highest BCUT2D eigenvalue weighted by atomic mass is 19.1. The molecule has 4 heterocycles. The zero-order valence-electron chi connectivity index (χ0n) is 18.1. The van der Waals surface area contributed by atoms with Gasteiger partial charge in [0, 0.05) is 57.7 Å². The number of imidazole rings is 1. The van der Waals surface area contributed by atoms with E-state index < -0.39 is 17.6 Å². The summed E-state index contributed by atoms with van der Waals surface area (Å²) in [6.07, 6.45) is 3.02. The van der Waals surface area contributed by atoms with Crippen LogP contribution in [0.1, 0.15) is 31.0 Å². The van der Waals surface area contributed by atoms with Gasteiger partial charge in [0.05, 0.1) is 29.0 Å². The lowest BCUT2D eigenvalue weighted by Gasteiger charge is -2.34. The average Bonchev–Trinajstić information content (AvgIpc) is 3.37. The fourth-order valence-corrected chi connectivity index (χ4v) is 4.38. The number of piperazine rings is 1. The van der Waals surface area contributed by atoms with E-state index in [1.165, 1.54) is 16.9 Å². The van der Waals surface area contributed by atoms with Crippen molar-refractivity contribution in [3.05, 3.63) is 53.5 Å². The number of anilines is 1. The Morgan fingerprint density at radius 1 is 1.12 bits per heavy atom. The van der Waals surface area contributed by atoms with Crippen LogP contribution in [0.5, 0.6) is 0 Å². The molecule has 32 heavy (non-hydrogen) atoms. The van der Waals surface area contributed by atoms with E-state index in [1.54, 1.807) is 36.5 Å². The third kappa shape index (κ3) is 3.17. The molecule has 0 spiro atoms. The standard InChI is InChI=1S/C22H23F2N7O/c1-13(21-16(23)10-17-15(22(21)24)11-26-28(17)3)18-12-25-19-4-5-20(27-31(18)19)30-8-6-29(7-9-30)14(2)32/h4-5,10-13H,6-9H2,1-3H3. The molecule has 3 aromatic heterocycles. The van der Waals surface area contributed by atoms with Crippen molar-refractivity contribution < 1.29 is 13.6 Å². The molecule has 1 aromatic carbocycles. The fraction of sp³-hybridized carbons (Fsp3) is 0.364. The van der Waals surface area contributed by atoms with Crippen molar-refractivity contribution in [3.63, 3.8) is 0 Å². The van der Waals surface area contributed by atoms with Crippen LogP contribution >= 0.6 is 0 Å². The molecule has 1 aliphatic heterocycles.